The van der Waals surface area contributed by atoms with Crippen molar-refractivity contribution >= 4 is 87.2 Å². The summed E-state index contributed by atoms with van der Waals surface area (Å²) in [7, 11) is 0. The Morgan fingerprint density at radius 2 is 1.42 bits per heavy atom. The van der Waals surface area contributed by atoms with Crippen LogP contribution in [-0.4, -0.2) is 30.9 Å². The number of carbonyl (C=O) groups is 2. The molecule has 2 unspecified atom stereocenters. The summed E-state index contributed by atoms with van der Waals surface area (Å²) in [4.78, 5) is 27.3. The molecule has 24 heavy (non-hydrogen) atoms. The molecule has 4 rings (SSSR count). The van der Waals surface area contributed by atoms with Crippen LogP contribution in [0.2, 0.25) is 0 Å². The van der Waals surface area contributed by atoms with E-state index in [9.17, 15) is 9.59 Å². The van der Waals surface area contributed by atoms with Crippen LogP contribution in [0.1, 0.15) is 0 Å². The van der Waals surface area contributed by atoms with Gasteiger partial charge in [0.25, 0.3) is 0 Å². The van der Waals surface area contributed by atoms with E-state index in [0.29, 0.717) is 0 Å². The Kier molecular flexibility index (Phi) is 3.54. The van der Waals surface area contributed by atoms with Crippen LogP contribution in [-0.2, 0) is 9.59 Å². The number of pyridine rings is 1. The molecule has 1 aromatic rings. The summed E-state index contributed by atoms with van der Waals surface area (Å²) in [6, 6.07) is 4.82. The molecule has 0 radical (unpaired) electrons. The maximum atomic E-state index is 13.0. The number of fused-ring (bicyclic) bond motifs is 5. The van der Waals surface area contributed by atoms with Gasteiger partial charge in [-0.05, 0) is 12.1 Å². The first-order valence-electron chi connectivity index (χ1n) is 6.72. The molecule has 2 bridgehead atoms. The summed E-state index contributed by atoms with van der Waals surface area (Å²) in [6.07, 6.45) is 1.46. The van der Waals surface area contributed by atoms with E-state index in [0.717, 1.165) is 4.90 Å². The standard InChI is InChI=1S/C14H6Cl6N2O2/c15-8-9(16)13(18)7-6(12(8,17)14(13,19)20)10(23)22(11(7)24)5-3-1-2-4-21-5/h1-4,6-7H/t6-,7+,12?,13?. The first kappa shape index (κ1) is 17.2. The average Bonchev–Trinajstić information content (AvgIpc) is 2.93. The molecule has 3 aliphatic rings. The van der Waals surface area contributed by atoms with Gasteiger partial charge in [0, 0.05) is 6.20 Å². The van der Waals surface area contributed by atoms with Gasteiger partial charge < -0.3 is 0 Å². The van der Waals surface area contributed by atoms with E-state index in [-0.39, 0.29) is 15.9 Å². The minimum atomic E-state index is -1.92. The van der Waals surface area contributed by atoms with Crippen molar-refractivity contribution in [3.8, 4) is 0 Å². The Labute approximate surface area is 166 Å². The summed E-state index contributed by atoms with van der Waals surface area (Å²) >= 11 is 38.4. The lowest BCUT2D eigenvalue weighted by Crippen LogP contribution is -2.50. The van der Waals surface area contributed by atoms with Crippen molar-refractivity contribution in [1.29, 1.82) is 0 Å². The van der Waals surface area contributed by atoms with Crippen LogP contribution in [0.4, 0.5) is 5.82 Å². The first-order valence-corrected chi connectivity index (χ1v) is 8.99. The fourth-order valence-corrected chi connectivity index (χ4v) is 6.64. The monoisotopic (exact) mass is 444 g/mol. The maximum absolute atomic E-state index is 13.0. The zero-order valence-corrected chi connectivity index (χ0v) is 16.0. The molecule has 10 heteroatoms. The number of allylic oxidation sites excluding steroid dienone is 2. The maximum Gasteiger partial charge on any atom is 0.241 e. The molecule has 0 aromatic carbocycles. The number of imide groups is 1. The highest BCUT2D eigenvalue weighted by atomic mass is 35.5. The number of carbonyl (C=O) groups excluding carboxylic acids is 2. The van der Waals surface area contributed by atoms with E-state index in [1.807, 2.05) is 0 Å². The second kappa shape index (κ2) is 4.93. The molecule has 1 saturated carbocycles. The number of rotatable bonds is 1. The zero-order chi connectivity index (χ0) is 17.7. The molecule has 2 aliphatic carbocycles. The highest BCUT2D eigenvalue weighted by molar-refractivity contribution is 6.67. The second-order valence-electron chi connectivity index (χ2n) is 5.78. The third-order valence-corrected chi connectivity index (χ3v) is 9.05. The van der Waals surface area contributed by atoms with Gasteiger partial charge in [0.05, 0.1) is 21.9 Å². The topological polar surface area (TPSA) is 50.3 Å². The van der Waals surface area contributed by atoms with E-state index in [4.69, 9.17) is 69.6 Å². The smallest absolute Gasteiger partial charge is 0.241 e. The number of hydrogen-bond donors (Lipinski definition) is 0. The number of hydrogen-bond acceptors (Lipinski definition) is 3. The Morgan fingerprint density at radius 3 is 1.83 bits per heavy atom. The summed E-state index contributed by atoms with van der Waals surface area (Å²) in [5.74, 6) is -3.36. The van der Waals surface area contributed by atoms with Crippen molar-refractivity contribution in [2.24, 2.45) is 11.8 Å². The van der Waals surface area contributed by atoms with E-state index >= 15 is 0 Å². The lowest BCUT2D eigenvalue weighted by atomic mass is 9.84. The average molecular weight is 447 g/mol. The van der Waals surface area contributed by atoms with Crippen LogP contribution in [0.25, 0.3) is 0 Å². The van der Waals surface area contributed by atoms with Gasteiger partial charge in [-0.3, -0.25) is 9.59 Å². The van der Waals surface area contributed by atoms with Crippen LogP contribution in [0.5, 0.6) is 0 Å². The Bertz CT molecular complexity index is 782. The third kappa shape index (κ3) is 1.55. The van der Waals surface area contributed by atoms with E-state index in [1.165, 1.54) is 12.3 Å². The first-order chi connectivity index (χ1) is 11.1. The summed E-state index contributed by atoms with van der Waals surface area (Å²) in [5, 5.41) is -0.229. The molecular formula is C14H6Cl6N2O2. The van der Waals surface area contributed by atoms with Crippen molar-refractivity contribution in [1.82, 2.24) is 4.98 Å². The van der Waals surface area contributed by atoms with Crippen molar-refractivity contribution in [3.63, 3.8) is 0 Å². The summed E-state index contributed by atoms with van der Waals surface area (Å²) < 4.78 is -1.92. The minimum Gasteiger partial charge on any atom is -0.274 e. The highest BCUT2D eigenvalue weighted by Gasteiger charge is 2.87. The quantitative estimate of drug-likeness (QED) is 0.483. The Morgan fingerprint density at radius 1 is 0.917 bits per heavy atom. The Balaban J connectivity index is 1.93. The largest absolute Gasteiger partial charge is 0.274 e. The lowest BCUT2D eigenvalue weighted by Gasteiger charge is -2.34. The molecule has 2 amide bonds. The number of nitrogens with zero attached hydrogens (tertiary/aromatic N) is 2. The molecule has 1 saturated heterocycles. The molecule has 0 spiro atoms. The van der Waals surface area contributed by atoms with Gasteiger partial charge in [-0.25, -0.2) is 9.88 Å². The van der Waals surface area contributed by atoms with Crippen LogP contribution in [0, 0.1) is 11.8 Å². The van der Waals surface area contributed by atoms with Crippen molar-refractivity contribution in [2.45, 2.75) is 14.1 Å². The predicted octanol–water partition coefficient (Wildman–Crippen LogP) is 4.03. The van der Waals surface area contributed by atoms with Crippen molar-refractivity contribution in [3.05, 3.63) is 34.5 Å². The van der Waals surface area contributed by atoms with Crippen LogP contribution >= 0.6 is 69.6 Å². The van der Waals surface area contributed by atoms with Crippen LogP contribution in [0.15, 0.2) is 34.5 Å². The molecule has 0 N–H and O–H groups in total. The van der Waals surface area contributed by atoms with Gasteiger partial charge in [-0.2, -0.15) is 0 Å². The number of anilines is 1. The van der Waals surface area contributed by atoms with Gasteiger partial charge in [-0.15, -0.1) is 23.2 Å². The molecule has 2 fully saturated rings. The van der Waals surface area contributed by atoms with Gasteiger partial charge in [-0.1, -0.05) is 52.5 Å². The van der Waals surface area contributed by atoms with E-state index < -0.39 is 37.7 Å². The fourth-order valence-electron chi connectivity index (χ4n) is 3.71. The Hall–Kier alpha value is -0.230. The summed E-state index contributed by atoms with van der Waals surface area (Å²) in [6.45, 7) is 0. The van der Waals surface area contributed by atoms with E-state index in [2.05, 4.69) is 4.98 Å². The molecule has 2 heterocycles. The zero-order valence-electron chi connectivity index (χ0n) is 11.4. The predicted molar refractivity (Wildman–Crippen MR) is 94.0 cm³/mol. The number of halogens is 6. The molecule has 1 aromatic heterocycles. The molecule has 1 aliphatic heterocycles. The fraction of sp³-hybridized carbons (Fsp3) is 0.357. The number of alkyl halides is 4. The highest BCUT2D eigenvalue weighted by Crippen LogP contribution is 2.77. The normalized spacial score (nSPS) is 39.8. The van der Waals surface area contributed by atoms with Crippen molar-refractivity contribution in [2.75, 3.05) is 4.90 Å². The number of aromatic nitrogens is 1. The molecule has 4 nitrogen and oxygen atoms in total. The molecular weight excluding hydrogens is 441 g/mol. The lowest BCUT2D eigenvalue weighted by molar-refractivity contribution is -0.123. The van der Waals surface area contributed by atoms with Crippen LogP contribution in [0.3, 0.4) is 0 Å². The minimum absolute atomic E-state index is 0.115. The summed E-state index contributed by atoms with van der Waals surface area (Å²) in [5.41, 5.74) is 0. The van der Waals surface area contributed by atoms with Crippen molar-refractivity contribution < 1.29 is 9.59 Å². The SMILES string of the molecule is O=C1[C@@H]2[C@H](C(=O)N1c1ccccn1)C1(Cl)C(Cl)=C(Cl)C2(Cl)C1(Cl)Cl. The van der Waals surface area contributed by atoms with Crippen LogP contribution < -0.4 is 4.90 Å². The molecule has 4 atom stereocenters. The molecule has 126 valence electrons. The van der Waals surface area contributed by atoms with Gasteiger partial charge in [0.1, 0.15) is 15.6 Å². The van der Waals surface area contributed by atoms with Gasteiger partial charge >= 0.3 is 0 Å². The van der Waals surface area contributed by atoms with Gasteiger partial charge in [0.15, 0.2) is 4.33 Å². The van der Waals surface area contributed by atoms with Gasteiger partial charge in [0.2, 0.25) is 11.8 Å². The second-order valence-corrected chi connectivity index (χ2v) is 9.06. The third-order valence-electron chi connectivity index (χ3n) is 4.79. The number of amides is 2. The van der Waals surface area contributed by atoms with E-state index in [1.54, 1.807) is 12.1 Å².